The van der Waals surface area contributed by atoms with E-state index in [1.54, 1.807) is 0 Å². The summed E-state index contributed by atoms with van der Waals surface area (Å²) in [4.78, 5) is 31.8. The number of urea groups is 1. The third-order valence-corrected chi connectivity index (χ3v) is 1.91. The number of hydrogen-bond acceptors (Lipinski definition) is 6. The van der Waals surface area contributed by atoms with Crippen LogP contribution in [0.25, 0.3) is 0 Å². The first-order valence-corrected chi connectivity index (χ1v) is 4.47. The highest BCUT2D eigenvalue weighted by Gasteiger charge is 2.28. The lowest BCUT2D eigenvalue weighted by molar-refractivity contribution is -0.402. The highest BCUT2D eigenvalue weighted by atomic mass is 16.6. The molecule has 0 unspecified atom stereocenters. The van der Waals surface area contributed by atoms with Crippen LogP contribution in [-0.4, -0.2) is 34.6 Å². The zero-order valence-corrected chi connectivity index (χ0v) is 8.32. The van der Waals surface area contributed by atoms with Crippen LogP contribution in [0.15, 0.2) is 21.7 Å². The van der Waals surface area contributed by atoms with Crippen molar-refractivity contribution in [2.75, 3.05) is 6.54 Å². The third kappa shape index (κ3) is 2.12. The second-order valence-electron chi connectivity index (χ2n) is 3.04. The Hall–Kier alpha value is -2.71. The van der Waals surface area contributed by atoms with Gasteiger partial charge in [-0.1, -0.05) is 0 Å². The van der Waals surface area contributed by atoms with Crippen LogP contribution >= 0.6 is 0 Å². The monoisotopic (exact) mass is 238 g/mol. The molecule has 0 aromatic carbocycles. The number of amides is 3. The molecule has 0 atom stereocenters. The fraction of sp³-hybridized carbons (Fsp3) is 0.125. The molecule has 1 N–H and O–H groups in total. The van der Waals surface area contributed by atoms with E-state index in [0.29, 0.717) is 5.01 Å². The van der Waals surface area contributed by atoms with Crippen molar-refractivity contribution < 1.29 is 18.9 Å². The van der Waals surface area contributed by atoms with Crippen LogP contribution in [0.4, 0.5) is 10.7 Å². The van der Waals surface area contributed by atoms with Crippen molar-refractivity contribution in [3.05, 3.63) is 28.0 Å². The number of carbonyl (C=O) groups excluding carboxylic acids is 2. The molecule has 1 saturated heterocycles. The van der Waals surface area contributed by atoms with E-state index in [1.807, 2.05) is 0 Å². The van der Waals surface area contributed by atoms with Gasteiger partial charge in [0.05, 0.1) is 12.3 Å². The maximum atomic E-state index is 11.1. The summed E-state index contributed by atoms with van der Waals surface area (Å²) in [5.41, 5.74) is 0. The molecule has 1 aliphatic rings. The molecule has 1 fully saturated rings. The molecule has 1 aliphatic heterocycles. The smallest absolute Gasteiger partial charge is 0.400 e. The molecule has 0 spiro atoms. The molecule has 0 aliphatic carbocycles. The van der Waals surface area contributed by atoms with Gasteiger partial charge in [0, 0.05) is 0 Å². The van der Waals surface area contributed by atoms with Gasteiger partial charge in [-0.3, -0.25) is 14.9 Å². The number of nitro groups is 1. The lowest BCUT2D eigenvalue weighted by Crippen LogP contribution is -2.25. The standard InChI is InChI=1S/C8H6N4O5/c13-6-4-9-8(14)11(6)10-3-5-1-2-7(17-5)12(15)16/h1-3H,4H2,(H,9,14). The highest BCUT2D eigenvalue weighted by Crippen LogP contribution is 2.14. The summed E-state index contributed by atoms with van der Waals surface area (Å²) in [7, 11) is 0. The number of imide groups is 1. The zero-order chi connectivity index (χ0) is 12.4. The predicted octanol–water partition coefficient (Wildman–Crippen LogP) is 0.0735. The van der Waals surface area contributed by atoms with Gasteiger partial charge in [0.2, 0.25) is 0 Å². The molecule has 3 amide bonds. The molecule has 2 heterocycles. The normalized spacial score (nSPS) is 15.6. The summed E-state index contributed by atoms with van der Waals surface area (Å²) in [6.45, 7) is -0.117. The van der Waals surface area contributed by atoms with Gasteiger partial charge in [-0.25, -0.2) is 4.79 Å². The van der Waals surface area contributed by atoms with E-state index in [9.17, 15) is 19.7 Å². The summed E-state index contributed by atoms with van der Waals surface area (Å²) >= 11 is 0. The quantitative estimate of drug-likeness (QED) is 0.346. The molecule has 2 rings (SSSR count). The van der Waals surface area contributed by atoms with Crippen molar-refractivity contribution in [1.29, 1.82) is 0 Å². The first kappa shape index (κ1) is 10.8. The van der Waals surface area contributed by atoms with Crippen LogP contribution in [0.5, 0.6) is 0 Å². The minimum Gasteiger partial charge on any atom is -0.400 e. The topological polar surface area (TPSA) is 118 Å². The molecule has 9 nitrogen and oxygen atoms in total. The van der Waals surface area contributed by atoms with Crippen LogP contribution in [-0.2, 0) is 4.79 Å². The Kier molecular flexibility index (Phi) is 2.57. The summed E-state index contributed by atoms with van der Waals surface area (Å²) in [5, 5.41) is 16.8. The van der Waals surface area contributed by atoms with E-state index >= 15 is 0 Å². The van der Waals surface area contributed by atoms with Crippen LogP contribution < -0.4 is 5.32 Å². The van der Waals surface area contributed by atoms with Gasteiger partial charge < -0.3 is 9.73 Å². The number of hydrogen-bond donors (Lipinski definition) is 1. The molecule has 0 bridgehead atoms. The number of nitrogens with zero attached hydrogens (tertiary/aromatic N) is 3. The Balaban J connectivity index is 2.12. The first-order chi connectivity index (χ1) is 8.08. The Morgan fingerprint density at radius 2 is 2.29 bits per heavy atom. The SMILES string of the molecule is O=C1CNC(=O)N1N=Cc1ccc([N+](=O)[O-])o1. The fourth-order valence-corrected chi connectivity index (χ4v) is 1.16. The molecule has 0 saturated carbocycles. The number of carbonyl (C=O) groups is 2. The number of hydrazone groups is 1. The molecule has 17 heavy (non-hydrogen) atoms. The lowest BCUT2D eigenvalue weighted by Gasteiger charge is -2.01. The molecule has 1 aromatic heterocycles. The van der Waals surface area contributed by atoms with Gasteiger partial charge in [-0.05, 0) is 6.07 Å². The molecule has 9 heteroatoms. The summed E-state index contributed by atoms with van der Waals surface area (Å²) in [6, 6.07) is 1.81. The van der Waals surface area contributed by atoms with Crippen molar-refractivity contribution in [3.63, 3.8) is 0 Å². The van der Waals surface area contributed by atoms with Gasteiger partial charge in [-0.15, -0.1) is 5.01 Å². The number of furan rings is 1. The zero-order valence-electron chi connectivity index (χ0n) is 8.32. The van der Waals surface area contributed by atoms with Crippen LogP contribution in [0.3, 0.4) is 0 Å². The van der Waals surface area contributed by atoms with Gasteiger partial charge in [0.1, 0.15) is 11.5 Å². The Morgan fingerprint density at radius 3 is 2.82 bits per heavy atom. The van der Waals surface area contributed by atoms with E-state index in [4.69, 9.17) is 4.42 Å². The summed E-state index contributed by atoms with van der Waals surface area (Å²) in [5.74, 6) is -0.875. The van der Waals surface area contributed by atoms with Crippen LogP contribution in [0.2, 0.25) is 0 Å². The van der Waals surface area contributed by atoms with E-state index in [2.05, 4.69) is 10.4 Å². The number of rotatable bonds is 3. The van der Waals surface area contributed by atoms with E-state index in [-0.39, 0.29) is 12.3 Å². The maximum Gasteiger partial charge on any atom is 0.433 e. The van der Waals surface area contributed by atoms with E-state index in [1.165, 1.54) is 6.07 Å². The lowest BCUT2D eigenvalue weighted by atomic mass is 10.5. The van der Waals surface area contributed by atoms with E-state index in [0.717, 1.165) is 12.3 Å². The minimum atomic E-state index is -0.703. The molecule has 0 radical (unpaired) electrons. The first-order valence-electron chi connectivity index (χ1n) is 4.47. The summed E-state index contributed by atoms with van der Waals surface area (Å²) < 4.78 is 4.76. The van der Waals surface area contributed by atoms with Gasteiger partial charge in [0.25, 0.3) is 5.91 Å². The van der Waals surface area contributed by atoms with Gasteiger partial charge >= 0.3 is 11.9 Å². The largest absolute Gasteiger partial charge is 0.433 e. The number of nitrogens with one attached hydrogen (secondary N) is 1. The minimum absolute atomic E-state index is 0.0733. The van der Waals surface area contributed by atoms with Crippen molar-refractivity contribution >= 4 is 24.0 Å². The van der Waals surface area contributed by atoms with E-state index < -0.39 is 22.7 Å². The maximum absolute atomic E-state index is 11.1. The Bertz CT molecular complexity index is 504. The van der Waals surface area contributed by atoms with Gasteiger partial charge in [0.15, 0.2) is 5.76 Å². The van der Waals surface area contributed by atoms with Crippen molar-refractivity contribution in [3.8, 4) is 0 Å². The summed E-state index contributed by atoms with van der Waals surface area (Å²) in [6.07, 6.45) is 1.05. The van der Waals surface area contributed by atoms with Crippen LogP contribution in [0, 0.1) is 10.1 Å². The molecule has 88 valence electrons. The van der Waals surface area contributed by atoms with Gasteiger partial charge in [-0.2, -0.15) is 5.10 Å². The fourth-order valence-electron chi connectivity index (χ4n) is 1.16. The Labute approximate surface area is 93.8 Å². The van der Waals surface area contributed by atoms with Crippen molar-refractivity contribution in [1.82, 2.24) is 10.3 Å². The molecule has 1 aromatic rings. The Morgan fingerprint density at radius 1 is 1.53 bits per heavy atom. The second-order valence-corrected chi connectivity index (χ2v) is 3.04. The average Bonchev–Trinajstić information content (AvgIpc) is 2.85. The predicted molar refractivity (Wildman–Crippen MR) is 53.2 cm³/mol. The second kappa shape index (κ2) is 4.04. The van der Waals surface area contributed by atoms with Crippen molar-refractivity contribution in [2.45, 2.75) is 0 Å². The molecular weight excluding hydrogens is 232 g/mol. The highest BCUT2D eigenvalue weighted by molar-refractivity contribution is 6.02. The third-order valence-electron chi connectivity index (χ3n) is 1.91. The van der Waals surface area contributed by atoms with Crippen molar-refractivity contribution in [2.24, 2.45) is 5.10 Å². The molecular formula is C8H6N4O5. The average molecular weight is 238 g/mol. The van der Waals surface area contributed by atoms with Crippen LogP contribution in [0.1, 0.15) is 5.76 Å².